The second-order valence-corrected chi connectivity index (χ2v) is 4.51. The fourth-order valence-corrected chi connectivity index (χ4v) is 1.87. The third kappa shape index (κ3) is 3.98. The summed E-state index contributed by atoms with van der Waals surface area (Å²) in [6.45, 7) is 5.73. The van der Waals surface area contributed by atoms with E-state index in [0.717, 1.165) is 0 Å². The highest BCUT2D eigenvalue weighted by Gasteiger charge is 2.25. The van der Waals surface area contributed by atoms with E-state index in [-0.39, 0.29) is 18.5 Å². The molecule has 0 heterocycles. The number of nitrogens with zero attached hydrogens (tertiary/aromatic N) is 1. The Labute approximate surface area is 119 Å². The molecule has 5 nitrogen and oxygen atoms in total. The molecule has 0 aliphatic heterocycles. The van der Waals surface area contributed by atoms with Gasteiger partial charge >= 0.3 is 5.97 Å². The number of rotatable bonds is 7. The van der Waals surface area contributed by atoms with Crippen molar-refractivity contribution in [1.82, 2.24) is 4.90 Å². The summed E-state index contributed by atoms with van der Waals surface area (Å²) >= 11 is 0. The number of para-hydroxylation sites is 1. The molecule has 1 atom stereocenters. The quantitative estimate of drug-likeness (QED) is 0.832. The van der Waals surface area contributed by atoms with Crippen molar-refractivity contribution < 1.29 is 19.4 Å². The lowest BCUT2D eigenvalue weighted by atomic mass is 10.1. The lowest BCUT2D eigenvalue weighted by molar-refractivity contribution is -0.138. The number of carbonyl (C=O) groups is 2. The molecule has 1 N–H and O–H groups in total. The van der Waals surface area contributed by atoms with Crippen molar-refractivity contribution in [2.24, 2.45) is 0 Å². The number of carboxylic acid groups (broad SMARTS) is 1. The van der Waals surface area contributed by atoms with Gasteiger partial charge in [-0.2, -0.15) is 0 Å². The monoisotopic (exact) mass is 279 g/mol. The third-order valence-corrected chi connectivity index (χ3v) is 3.11. The zero-order valence-corrected chi connectivity index (χ0v) is 12.1. The first kappa shape index (κ1) is 16.0. The summed E-state index contributed by atoms with van der Waals surface area (Å²) in [5.41, 5.74) is 0.399. The van der Waals surface area contributed by atoms with E-state index in [0.29, 0.717) is 24.3 Å². The summed E-state index contributed by atoms with van der Waals surface area (Å²) in [6, 6.07) is 6.75. The molecule has 5 heteroatoms. The zero-order chi connectivity index (χ0) is 15.1. The Kier molecular flexibility index (Phi) is 6.03. The van der Waals surface area contributed by atoms with Crippen molar-refractivity contribution in [3.05, 3.63) is 29.8 Å². The number of aliphatic carboxylic acids is 1. The van der Waals surface area contributed by atoms with Gasteiger partial charge in [-0.05, 0) is 32.4 Å². The molecule has 0 saturated heterocycles. The predicted molar refractivity (Wildman–Crippen MR) is 76.0 cm³/mol. The molecule has 0 fully saturated rings. The van der Waals surface area contributed by atoms with Crippen LogP contribution in [0.25, 0.3) is 0 Å². The minimum atomic E-state index is -1.02. The number of hydrogen-bond acceptors (Lipinski definition) is 3. The minimum absolute atomic E-state index is 0.145. The number of carbonyl (C=O) groups excluding carboxylic acids is 1. The Morgan fingerprint density at radius 2 is 1.95 bits per heavy atom. The number of benzene rings is 1. The smallest absolute Gasteiger partial charge is 0.323 e. The highest BCUT2D eigenvalue weighted by Crippen LogP contribution is 2.21. The highest BCUT2D eigenvalue weighted by molar-refractivity contribution is 5.98. The van der Waals surface area contributed by atoms with E-state index >= 15 is 0 Å². The summed E-state index contributed by atoms with van der Waals surface area (Å²) in [5, 5.41) is 8.97. The lowest BCUT2D eigenvalue weighted by Gasteiger charge is -2.27. The van der Waals surface area contributed by atoms with Crippen molar-refractivity contribution in [3.63, 3.8) is 0 Å². The molecule has 1 rings (SSSR count). The van der Waals surface area contributed by atoms with E-state index in [9.17, 15) is 9.59 Å². The molecule has 0 aliphatic rings. The lowest BCUT2D eigenvalue weighted by Crippen LogP contribution is -2.42. The number of hydrogen-bond donors (Lipinski definition) is 1. The fraction of sp³-hybridized carbons (Fsp3) is 0.467. The van der Waals surface area contributed by atoms with Gasteiger partial charge in [-0.3, -0.25) is 9.59 Å². The SMILES string of the molecule is CCOc1ccccc1C(=O)N(CC(=O)O)C(C)CC. The Morgan fingerprint density at radius 3 is 2.50 bits per heavy atom. The normalized spacial score (nSPS) is 11.8. The Bertz CT molecular complexity index is 473. The second kappa shape index (κ2) is 7.53. The molecule has 1 aromatic carbocycles. The maximum absolute atomic E-state index is 12.6. The van der Waals surface area contributed by atoms with Gasteiger partial charge in [0.05, 0.1) is 12.2 Å². The summed E-state index contributed by atoms with van der Waals surface area (Å²) in [6.07, 6.45) is 0.690. The summed E-state index contributed by atoms with van der Waals surface area (Å²) in [4.78, 5) is 24.9. The summed E-state index contributed by atoms with van der Waals surface area (Å²) in [5.74, 6) is -0.850. The van der Waals surface area contributed by atoms with Gasteiger partial charge in [0.15, 0.2) is 0 Å². The Morgan fingerprint density at radius 1 is 1.30 bits per heavy atom. The van der Waals surface area contributed by atoms with Crippen LogP contribution in [-0.2, 0) is 4.79 Å². The van der Waals surface area contributed by atoms with Crippen LogP contribution in [0.2, 0.25) is 0 Å². The standard InChI is InChI=1S/C15H21NO4/c1-4-11(3)16(10-14(17)18)15(19)12-8-6-7-9-13(12)20-5-2/h6-9,11H,4-5,10H2,1-3H3,(H,17,18). The molecule has 0 radical (unpaired) electrons. The molecule has 0 aromatic heterocycles. The van der Waals surface area contributed by atoms with Crippen LogP contribution in [0.5, 0.6) is 5.75 Å². The summed E-state index contributed by atoms with van der Waals surface area (Å²) in [7, 11) is 0. The average molecular weight is 279 g/mol. The molecule has 1 amide bonds. The van der Waals surface area contributed by atoms with E-state index in [1.54, 1.807) is 24.3 Å². The van der Waals surface area contributed by atoms with Gasteiger partial charge in [0.25, 0.3) is 5.91 Å². The van der Waals surface area contributed by atoms with Gasteiger partial charge in [0.1, 0.15) is 12.3 Å². The van der Waals surface area contributed by atoms with E-state index in [1.807, 2.05) is 20.8 Å². The van der Waals surface area contributed by atoms with Gasteiger partial charge in [-0.15, -0.1) is 0 Å². The van der Waals surface area contributed by atoms with Crippen LogP contribution in [0.1, 0.15) is 37.6 Å². The highest BCUT2D eigenvalue weighted by atomic mass is 16.5. The zero-order valence-electron chi connectivity index (χ0n) is 12.1. The molecule has 110 valence electrons. The third-order valence-electron chi connectivity index (χ3n) is 3.11. The Hall–Kier alpha value is -2.04. The average Bonchev–Trinajstić information content (AvgIpc) is 2.44. The first-order valence-electron chi connectivity index (χ1n) is 6.75. The molecule has 1 aromatic rings. The van der Waals surface area contributed by atoms with Crippen LogP contribution >= 0.6 is 0 Å². The van der Waals surface area contributed by atoms with Gasteiger partial charge in [-0.1, -0.05) is 19.1 Å². The van der Waals surface area contributed by atoms with Crippen molar-refractivity contribution in [1.29, 1.82) is 0 Å². The van der Waals surface area contributed by atoms with Crippen LogP contribution in [0, 0.1) is 0 Å². The van der Waals surface area contributed by atoms with Crippen molar-refractivity contribution in [2.45, 2.75) is 33.2 Å². The van der Waals surface area contributed by atoms with Crippen LogP contribution < -0.4 is 4.74 Å². The molecular weight excluding hydrogens is 258 g/mol. The van der Waals surface area contributed by atoms with Crippen molar-refractivity contribution in [3.8, 4) is 5.75 Å². The van der Waals surface area contributed by atoms with Crippen molar-refractivity contribution >= 4 is 11.9 Å². The topological polar surface area (TPSA) is 66.8 Å². The molecular formula is C15H21NO4. The molecule has 0 saturated carbocycles. The van der Waals surface area contributed by atoms with Gasteiger partial charge in [-0.25, -0.2) is 0 Å². The molecule has 20 heavy (non-hydrogen) atoms. The van der Waals surface area contributed by atoms with Gasteiger partial charge < -0.3 is 14.7 Å². The molecule has 0 aliphatic carbocycles. The first-order chi connectivity index (χ1) is 9.51. The largest absolute Gasteiger partial charge is 0.493 e. The first-order valence-corrected chi connectivity index (χ1v) is 6.75. The Balaban J connectivity index is 3.08. The van der Waals surface area contributed by atoms with Crippen molar-refractivity contribution in [2.75, 3.05) is 13.2 Å². The molecule has 0 bridgehead atoms. The second-order valence-electron chi connectivity index (χ2n) is 4.51. The van der Waals surface area contributed by atoms with Crippen LogP contribution in [0.3, 0.4) is 0 Å². The minimum Gasteiger partial charge on any atom is -0.493 e. The number of carboxylic acids is 1. The van der Waals surface area contributed by atoms with Crippen LogP contribution in [0.15, 0.2) is 24.3 Å². The van der Waals surface area contributed by atoms with E-state index in [2.05, 4.69) is 0 Å². The van der Waals surface area contributed by atoms with E-state index in [4.69, 9.17) is 9.84 Å². The van der Waals surface area contributed by atoms with Gasteiger partial charge in [0.2, 0.25) is 0 Å². The van der Waals surface area contributed by atoms with Gasteiger partial charge in [0, 0.05) is 6.04 Å². The number of ether oxygens (including phenoxy) is 1. The van der Waals surface area contributed by atoms with Crippen LogP contribution in [0.4, 0.5) is 0 Å². The van der Waals surface area contributed by atoms with E-state index in [1.165, 1.54) is 4.90 Å². The van der Waals surface area contributed by atoms with Crippen LogP contribution in [-0.4, -0.2) is 41.1 Å². The summed E-state index contributed by atoms with van der Waals surface area (Å²) < 4.78 is 5.43. The number of amides is 1. The fourth-order valence-electron chi connectivity index (χ4n) is 1.87. The molecule has 1 unspecified atom stereocenters. The predicted octanol–water partition coefficient (Wildman–Crippen LogP) is 2.41. The maximum Gasteiger partial charge on any atom is 0.323 e. The maximum atomic E-state index is 12.6. The van der Waals surface area contributed by atoms with E-state index < -0.39 is 5.97 Å². The molecule has 0 spiro atoms.